The van der Waals surface area contributed by atoms with Gasteiger partial charge in [0.25, 0.3) is 0 Å². The van der Waals surface area contributed by atoms with Gasteiger partial charge in [0.05, 0.1) is 51.5 Å². The Morgan fingerprint density at radius 1 is 1.07 bits per heavy atom. The lowest BCUT2D eigenvalue weighted by atomic mass is 10.3. The molecule has 1 fully saturated rings. The van der Waals surface area contributed by atoms with Gasteiger partial charge in [-0.15, -0.1) is 11.8 Å². The number of nitrogens with one attached hydrogen (secondary N) is 1. The molecule has 1 N–H and O–H groups in total. The molecule has 0 aromatic carbocycles. The standard InChI is InChI=1S/C19H34N2O7S/c1-3-14-29-16-15-18(23)21(19(16)24)6-4-17(22)20-5-7-26-10-11-28-13-12-27-9-8-25-2/h16H,3-15H2,1-2H3,(H,20,22). The van der Waals surface area contributed by atoms with Gasteiger partial charge in [0.1, 0.15) is 0 Å². The van der Waals surface area contributed by atoms with Crippen molar-refractivity contribution in [1.82, 2.24) is 10.2 Å². The second-order valence-electron chi connectivity index (χ2n) is 6.38. The molecule has 168 valence electrons. The first kappa shape index (κ1) is 25.8. The van der Waals surface area contributed by atoms with Crippen molar-refractivity contribution in [2.45, 2.75) is 31.4 Å². The molecule has 9 nitrogen and oxygen atoms in total. The van der Waals surface area contributed by atoms with Gasteiger partial charge in [0, 0.05) is 33.0 Å². The first-order valence-electron chi connectivity index (χ1n) is 10.0. The van der Waals surface area contributed by atoms with E-state index in [9.17, 15) is 14.4 Å². The molecule has 1 heterocycles. The minimum Gasteiger partial charge on any atom is -0.382 e. The van der Waals surface area contributed by atoms with E-state index in [0.29, 0.717) is 52.8 Å². The normalized spacial score (nSPS) is 16.6. The van der Waals surface area contributed by atoms with Crippen molar-refractivity contribution in [3.05, 3.63) is 0 Å². The highest BCUT2D eigenvalue weighted by Crippen LogP contribution is 2.25. The molecule has 1 rings (SSSR count). The van der Waals surface area contributed by atoms with Gasteiger partial charge in [-0.25, -0.2) is 0 Å². The molecule has 3 amide bonds. The predicted octanol–water partition coefficient (Wildman–Crippen LogP) is 0.460. The molecule has 0 aliphatic carbocycles. The Balaban J connectivity index is 1.98. The van der Waals surface area contributed by atoms with Crippen molar-refractivity contribution >= 4 is 29.5 Å². The highest BCUT2D eigenvalue weighted by Gasteiger charge is 2.38. The number of thioether (sulfide) groups is 1. The number of hydrogen-bond acceptors (Lipinski definition) is 8. The summed E-state index contributed by atoms with van der Waals surface area (Å²) in [6.07, 6.45) is 1.30. The Labute approximate surface area is 177 Å². The van der Waals surface area contributed by atoms with E-state index in [1.165, 1.54) is 16.7 Å². The van der Waals surface area contributed by atoms with Gasteiger partial charge in [-0.1, -0.05) is 6.92 Å². The average molecular weight is 435 g/mol. The second-order valence-corrected chi connectivity index (χ2v) is 7.69. The summed E-state index contributed by atoms with van der Waals surface area (Å²) >= 11 is 1.51. The zero-order chi connectivity index (χ0) is 21.3. The summed E-state index contributed by atoms with van der Waals surface area (Å²) in [6.45, 7) is 5.93. The summed E-state index contributed by atoms with van der Waals surface area (Å²) in [6, 6.07) is 0. The fourth-order valence-corrected chi connectivity index (χ4v) is 3.58. The van der Waals surface area contributed by atoms with E-state index in [4.69, 9.17) is 18.9 Å². The summed E-state index contributed by atoms with van der Waals surface area (Å²) < 4.78 is 20.8. The number of ether oxygens (including phenoxy) is 4. The molecule has 1 atom stereocenters. The van der Waals surface area contributed by atoms with E-state index in [2.05, 4.69) is 5.32 Å². The summed E-state index contributed by atoms with van der Waals surface area (Å²) in [5.41, 5.74) is 0. The molecule has 0 bridgehead atoms. The summed E-state index contributed by atoms with van der Waals surface area (Å²) in [4.78, 5) is 37.3. The molecule has 0 spiro atoms. The van der Waals surface area contributed by atoms with Crippen LogP contribution < -0.4 is 5.32 Å². The lowest BCUT2D eigenvalue weighted by Crippen LogP contribution is -2.36. The third-order valence-electron chi connectivity index (χ3n) is 4.03. The number of nitrogens with zero attached hydrogens (tertiary/aromatic N) is 1. The molecule has 1 aliphatic rings. The number of carbonyl (C=O) groups excluding carboxylic acids is 3. The smallest absolute Gasteiger partial charge is 0.242 e. The van der Waals surface area contributed by atoms with Crippen molar-refractivity contribution in [2.75, 3.05) is 72.2 Å². The molecule has 0 aromatic heterocycles. The largest absolute Gasteiger partial charge is 0.382 e. The number of imide groups is 1. The Morgan fingerprint density at radius 2 is 1.69 bits per heavy atom. The lowest BCUT2D eigenvalue weighted by molar-refractivity contribution is -0.138. The zero-order valence-electron chi connectivity index (χ0n) is 17.5. The first-order valence-corrected chi connectivity index (χ1v) is 11.1. The van der Waals surface area contributed by atoms with Gasteiger partial charge < -0.3 is 24.3 Å². The van der Waals surface area contributed by atoms with Gasteiger partial charge in [-0.05, 0) is 12.2 Å². The zero-order valence-corrected chi connectivity index (χ0v) is 18.3. The summed E-state index contributed by atoms with van der Waals surface area (Å²) in [5, 5.41) is 2.43. The van der Waals surface area contributed by atoms with Crippen LogP contribution in [-0.2, 0) is 33.3 Å². The Kier molecular flexibility index (Phi) is 14.8. The van der Waals surface area contributed by atoms with Crippen LogP contribution >= 0.6 is 11.8 Å². The Bertz CT molecular complexity index is 493. The minimum atomic E-state index is -0.293. The maximum atomic E-state index is 12.2. The van der Waals surface area contributed by atoms with Crippen molar-refractivity contribution in [2.24, 2.45) is 0 Å². The number of amides is 3. The van der Waals surface area contributed by atoms with Gasteiger partial charge in [0.2, 0.25) is 17.7 Å². The van der Waals surface area contributed by atoms with E-state index in [1.54, 1.807) is 7.11 Å². The molecular formula is C19H34N2O7S. The molecule has 10 heteroatoms. The summed E-state index contributed by atoms with van der Waals surface area (Å²) in [5.74, 6) is 0.284. The van der Waals surface area contributed by atoms with Crippen LogP contribution in [0.1, 0.15) is 26.2 Å². The SMILES string of the molecule is CCCSC1CC(=O)N(CCC(=O)NCCOCCOCCOCCOC)C1=O. The number of rotatable bonds is 18. The van der Waals surface area contributed by atoms with E-state index >= 15 is 0 Å². The van der Waals surface area contributed by atoms with Crippen molar-refractivity contribution in [3.8, 4) is 0 Å². The molecule has 0 aromatic rings. The van der Waals surface area contributed by atoms with Crippen LogP contribution in [0, 0.1) is 0 Å². The van der Waals surface area contributed by atoms with Gasteiger partial charge in [0.15, 0.2) is 0 Å². The fourth-order valence-electron chi connectivity index (χ4n) is 2.53. The van der Waals surface area contributed by atoms with Crippen LogP contribution in [0.15, 0.2) is 0 Å². The first-order chi connectivity index (χ1) is 14.1. The fraction of sp³-hybridized carbons (Fsp3) is 0.842. The van der Waals surface area contributed by atoms with E-state index in [1.807, 2.05) is 6.92 Å². The number of hydrogen-bond donors (Lipinski definition) is 1. The van der Waals surface area contributed by atoms with E-state index in [-0.39, 0.29) is 42.4 Å². The molecule has 29 heavy (non-hydrogen) atoms. The average Bonchev–Trinajstić information content (AvgIpc) is 2.98. The number of methoxy groups -OCH3 is 1. The van der Waals surface area contributed by atoms with Crippen LogP contribution in [0.25, 0.3) is 0 Å². The van der Waals surface area contributed by atoms with Crippen LogP contribution in [0.4, 0.5) is 0 Å². The van der Waals surface area contributed by atoms with Gasteiger partial charge in [-0.2, -0.15) is 0 Å². The highest BCUT2D eigenvalue weighted by molar-refractivity contribution is 8.00. The van der Waals surface area contributed by atoms with Crippen LogP contribution in [0.5, 0.6) is 0 Å². The third-order valence-corrected chi connectivity index (χ3v) is 5.45. The van der Waals surface area contributed by atoms with Crippen LogP contribution in [0.2, 0.25) is 0 Å². The predicted molar refractivity (Wildman–Crippen MR) is 110 cm³/mol. The second kappa shape index (κ2) is 16.6. The maximum Gasteiger partial charge on any atom is 0.242 e. The molecule has 0 saturated carbocycles. The topological polar surface area (TPSA) is 103 Å². The van der Waals surface area contributed by atoms with Crippen molar-refractivity contribution in [3.63, 3.8) is 0 Å². The molecule has 1 aliphatic heterocycles. The van der Waals surface area contributed by atoms with E-state index < -0.39 is 0 Å². The molecule has 1 unspecified atom stereocenters. The van der Waals surface area contributed by atoms with E-state index in [0.717, 1.165) is 12.2 Å². The molecule has 1 saturated heterocycles. The minimum absolute atomic E-state index is 0.106. The highest BCUT2D eigenvalue weighted by atomic mass is 32.2. The van der Waals surface area contributed by atoms with Gasteiger partial charge >= 0.3 is 0 Å². The Hall–Kier alpha value is -1.20. The molecule has 0 radical (unpaired) electrons. The van der Waals surface area contributed by atoms with Crippen molar-refractivity contribution < 1.29 is 33.3 Å². The van der Waals surface area contributed by atoms with Crippen LogP contribution in [0.3, 0.4) is 0 Å². The third kappa shape index (κ3) is 11.5. The Morgan fingerprint density at radius 3 is 2.31 bits per heavy atom. The monoisotopic (exact) mass is 434 g/mol. The maximum absolute atomic E-state index is 12.2. The number of carbonyl (C=O) groups is 3. The van der Waals surface area contributed by atoms with Gasteiger partial charge in [-0.3, -0.25) is 19.3 Å². The van der Waals surface area contributed by atoms with Crippen LogP contribution in [-0.4, -0.2) is 100 Å². The molecular weight excluding hydrogens is 400 g/mol. The lowest BCUT2D eigenvalue weighted by Gasteiger charge is -2.14. The van der Waals surface area contributed by atoms with Crippen molar-refractivity contribution in [1.29, 1.82) is 0 Å². The quantitative estimate of drug-likeness (QED) is 0.245. The number of likely N-dealkylation sites (tertiary alicyclic amines) is 1. The summed E-state index contributed by atoms with van der Waals surface area (Å²) in [7, 11) is 1.62.